The van der Waals surface area contributed by atoms with E-state index < -0.39 is 0 Å². The van der Waals surface area contributed by atoms with Gasteiger partial charge in [0.1, 0.15) is 6.26 Å². The van der Waals surface area contributed by atoms with Crippen molar-refractivity contribution >= 4 is 6.01 Å². The minimum absolute atomic E-state index is 0.630. The van der Waals surface area contributed by atoms with Crippen LogP contribution < -0.4 is 10.2 Å². The molecule has 1 fully saturated rings. The van der Waals surface area contributed by atoms with Gasteiger partial charge in [0.2, 0.25) is 0 Å². The Morgan fingerprint density at radius 2 is 2.18 bits per heavy atom. The second-order valence-corrected chi connectivity index (χ2v) is 4.63. The first-order chi connectivity index (χ1) is 8.35. The second-order valence-electron chi connectivity index (χ2n) is 4.63. The molecule has 1 N–H and O–H groups in total. The highest BCUT2D eigenvalue weighted by Crippen LogP contribution is 2.27. The van der Waals surface area contributed by atoms with Crippen LogP contribution >= 0.6 is 0 Å². The van der Waals surface area contributed by atoms with Gasteiger partial charge in [0.15, 0.2) is 0 Å². The van der Waals surface area contributed by atoms with Crippen LogP contribution in [0, 0.1) is 0 Å². The van der Waals surface area contributed by atoms with E-state index in [1.165, 1.54) is 25.7 Å². The molecule has 0 aromatic carbocycles. The van der Waals surface area contributed by atoms with Gasteiger partial charge in [-0.2, -0.15) is 4.98 Å². The van der Waals surface area contributed by atoms with Crippen LogP contribution in [0.1, 0.15) is 45.2 Å². The number of nitrogens with zero attached hydrogens (tertiary/aromatic N) is 2. The molecule has 1 heterocycles. The van der Waals surface area contributed by atoms with E-state index >= 15 is 0 Å². The fourth-order valence-electron chi connectivity index (χ4n) is 2.53. The molecule has 96 valence electrons. The summed E-state index contributed by atoms with van der Waals surface area (Å²) in [4.78, 5) is 6.87. The lowest BCUT2D eigenvalue weighted by molar-refractivity contribution is 0.497. The first kappa shape index (κ1) is 12.4. The van der Waals surface area contributed by atoms with Gasteiger partial charge in [-0.05, 0) is 26.3 Å². The molecular formula is C13H23N3O. The third kappa shape index (κ3) is 3.00. The Labute approximate surface area is 103 Å². The summed E-state index contributed by atoms with van der Waals surface area (Å²) in [6.45, 7) is 7.00. The van der Waals surface area contributed by atoms with E-state index in [0.717, 1.165) is 31.3 Å². The molecule has 0 aliphatic heterocycles. The van der Waals surface area contributed by atoms with Gasteiger partial charge in [-0.25, -0.2) is 0 Å². The Hall–Kier alpha value is -1.03. The molecule has 0 saturated heterocycles. The highest BCUT2D eigenvalue weighted by molar-refractivity contribution is 5.29. The van der Waals surface area contributed by atoms with Crippen LogP contribution in [0.25, 0.3) is 0 Å². The van der Waals surface area contributed by atoms with Crippen molar-refractivity contribution < 1.29 is 4.42 Å². The van der Waals surface area contributed by atoms with Crippen molar-refractivity contribution in [2.75, 3.05) is 18.0 Å². The third-order valence-corrected chi connectivity index (χ3v) is 3.45. The molecule has 1 saturated carbocycles. The van der Waals surface area contributed by atoms with Crippen molar-refractivity contribution in [3.8, 4) is 0 Å². The molecule has 17 heavy (non-hydrogen) atoms. The Balaban J connectivity index is 2.00. The molecule has 4 nitrogen and oxygen atoms in total. The SMILES string of the molecule is CCNCc1coc(N(CC)C2CCCC2)n1. The Bertz CT molecular complexity index is 331. The fraction of sp³-hybridized carbons (Fsp3) is 0.769. The van der Waals surface area contributed by atoms with Crippen LogP contribution in [-0.4, -0.2) is 24.1 Å². The molecule has 0 atom stereocenters. The van der Waals surface area contributed by atoms with Crippen LogP contribution in [0.3, 0.4) is 0 Å². The summed E-state index contributed by atoms with van der Waals surface area (Å²) in [5, 5.41) is 3.26. The Kier molecular flexibility index (Phi) is 4.42. The quantitative estimate of drug-likeness (QED) is 0.825. The van der Waals surface area contributed by atoms with Gasteiger partial charge < -0.3 is 14.6 Å². The molecule has 4 heteroatoms. The average Bonchev–Trinajstić information content (AvgIpc) is 2.99. The lowest BCUT2D eigenvalue weighted by atomic mass is 10.2. The monoisotopic (exact) mass is 237 g/mol. The van der Waals surface area contributed by atoms with Gasteiger partial charge in [0, 0.05) is 19.1 Å². The Morgan fingerprint density at radius 1 is 1.41 bits per heavy atom. The largest absolute Gasteiger partial charge is 0.432 e. The second kappa shape index (κ2) is 6.05. The maximum absolute atomic E-state index is 5.60. The summed E-state index contributed by atoms with van der Waals surface area (Å²) in [5.41, 5.74) is 0.998. The number of rotatable bonds is 6. The summed E-state index contributed by atoms with van der Waals surface area (Å²) >= 11 is 0. The molecule has 0 amide bonds. The first-order valence-corrected chi connectivity index (χ1v) is 6.77. The van der Waals surface area contributed by atoms with E-state index in [1.54, 1.807) is 6.26 Å². The molecule has 0 bridgehead atoms. The van der Waals surface area contributed by atoms with E-state index in [4.69, 9.17) is 4.42 Å². The van der Waals surface area contributed by atoms with Crippen molar-refractivity contribution in [1.82, 2.24) is 10.3 Å². The summed E-state index contributed by atoms with van der Waals surface area (Å²) in [6, 6.07) is 1.43. The number of oxazole rings is 1. The van der Waals surface area contributed by atoms with Gasteiger partial charge in [-0.3, -0.25) is 0 Å². The molecule has 1 aliphatic rings. The fourth-order valence-corrected chi connectivity index (χ4v) is 2.53. The summed E-state index contributed by atoms with van der Waals surface area (Å²) in [5.74, 6) is 0. The van der Waals surface area contributed by atoms with E-state index in [9.17, 15) is 0 Å². The van der Waals surface area contributed by atoms with Crippen LogP contribution in [0.15, 0.2) is 10.7 Å². The molecule has 0 unspecified atom stereocenters. The topological polar surface area (TPSA) is 41.3 Å². The average molecular weight is 237 g/mol. The van der Waals surface area contributed by atoms with Crippen molar-refractivity contribution in [3.63, 3.8) is 0 Å². The predicted molar refractivity (Wildman–Crippen MR) is 69.2 cm³/mol. The summed E-state index contributed by atoms with van der Waals surface area (Å²) < 4.78 is 5.60. The number of anilines is 1. The normalized spacial score (nSPS) is 16.6. The number of hydrogen-bond acceptors (Lipinski definition) is 4. The molecule has 1 aliphatic carbocycles. The van der Waals surface area contributed by atoms with Crippen molar-refractivity contribution in [3.05, 3.63) is 12.0 Å². The van der Waals surface area contributed by atoms with Gasteiger partial charge >= 0.3 is 0 Å². The molecular weight excluding hydrogens is 214 g/mol. The van der Waals surface area contributed by atoms with Crippen molar-refractivity contribution in [1.29, 1.82) is 0 Å². The zero-order valence-corrected chi connectivity index (χ0v) is 10.9. The van der Waals surface area contributed by atoms with E-state index in [0.29, 0.717) is 6.04 Å². The number of aromatic nitrogens is 1. The lowest BCUT2D eigenvalue weighted by Gasteiger charge is -2.25. The van der Waals surface area contributed by atoms with Crippen molar-refractivity contribution in [2.24, 2.45) is 0 Å². The summed E-state index contributed by atoms with van der Waals surface area (Å²) in [6.07, 6.45) is 7.01. The third-order valence-electron chi connectivity index (χ3n) is 3.45. The maximum atomic E-state index is 5.60. The van der Waals surface area contributed by atoms with Gasteiger partial charge in [0.05, 0.1) is 5.69 Å². The van der Waals surface area contributed by atoms with Gasteiger partial charge in [0.25, 0.3) is 6.01 Å². The van der Waals surface area contributed by atoms with E-state index in [2.05, 4.69) is 29.0 Å². The standard InChI is InChI=1S/C13H23N3O/c1-3-14-9-11-10-17-13(15-11)16(4-2)12-7-5-6-8-12/h10,12,14H,3-9H2,1-2H3. The molecule has 2 rings (SSSR count). The summed E-state index contributed by atoms with van der Waals surface area (Å²) in [7, 11) is 0. The highest BCUT2D eigenvalue weighted by atomic mass is 16.4. The predicted octanol–water partition coefficient (Wildman–Crippen LogP) is 2.55. The maximum Gasteiger partial charge on any atom is 0.297 e. The van der Waals surface area contributed by atoms with Crippen LogP contribution in [0.2, 0.25) is 0 Å². The molecule has 1 aromatic rings. The molecule has 0 spiro atoms. The molecule has 0 radical (unpaired) electrons. The van der Waals surface area contributed by atoms with E-state index in [-0.39, 0.29) is 0 Å². The van der Waals surface area contributed by atoms with Crippen molar-refractivity contribution in [2.45, 2.75) is 52.1 Å². The minimum Gasteiger partial charge on any atom is -0.432 e. The van der Waals surface area contributed by atoms with Crippen LogP contribution in [-0.2, 0) is 6.54 Å². The van der Waals surface area contributed by atoms with Gasteiger partial charge in [-0.1, -0.05) is 19.8 Å². The van der Waals surface area contributed by atoms with Gasteiger partial charge in [-0.15, -0.1) is 0 Å². The lowest BCUT2D eigenvalue weighted by Crippen LogP contribution is -2.33. The minimum atomic E-state index is 0.630. The zero-order valence-electron chi connectivity index (χ0n) is 10.9. The number of nitrogens with one attached hydrogen (secondary N) is 1. The van der Waals surface area contributed by atoms with Crippen LogP contribution in [0.4, 0.5) is 6.01 Å². The smallest absolute Gasteiger partial charge is 0.297 e. The zero-order chi connectivity index (χ0) is 12.1. The number of hydrogen-bond donors (Lipinski definition) is 1. The first-order valence-electron chi connectivity index (χ1n) is 6.77. The molecule has 1 aromatic heterocycles. The highest BCUT2D eigenvalue weighted by Gasteiger charge is 2.24. The van der Waals surface area contributed by atoms with Crippen LogP contribution in [0.5, 0.6) is 0 Å². The Morgan fingerprint density at radius 3 is 2.82 bits per heavy atom. The van der Waals surface area contributed by atoms with E-state index in [1.807, 2.05) is 0 Å².